The molecule has 2 fully saturated rings. The van der Waals surface area contributed by atoms with Gasteiger partial charge in [0.15, 0.2) is 0 Å². The average molecular weight is 390 g/mol. The van der Waals surface area contributed by atoms with Crippen molar-refractivity contribution in [3.8, 4) is 0 Å². The van der Waals surface area contributed by atoms with Crippen molar-refractivity contribution in [2.75, 3.05) is 19.6 Å². The molecule has 0 saturated carbocycles. The third kappa shape index (κ3) is 4.99. The van der Waals surface area contributed by atoms with Gasteiger partial charge in [0.25, 0.3) is 5.91 Å². The third-order valence-corrected chi connectivity index (χ3v) is 5.00. The van der Waals surface area contributed by atoms with Gasteiger partial charge >= 0.3 is 6.09 Å². The molecule has 0 aliphatic carbocycles. The van der Waals surface area contributed by atoms with Crippen LogP contribution in [0.15, 0.2) is 24.5 Å². The average Bonchev–Trinajstić information content (AvgIpc) is 2.64. The molecule has 8 nitrogen and oxygen atoms in total. The number of piperidine rings is 1. The van der Waals surface area contributed by atoms with Crippen molar-refractivity contribution in [1.29, 1.82) is 0 Å². The minimum Gasteiger partial charge on any atom is -0.444 e. The van der Waals surface area contributed by atoms with Gasteiger partial charge in [-0.2, -0.15) is 5.53 Å². The molecule has 3 rings (SSSR count). The van der Waals surface area contributed by atoms with E-state index in [0.717, 1.165) is 25.8 Å². The van der Waals surface area contributed by atoms with Crippen LogP contribution >= 0.6 is 0 Å². The maximum atomic E-state index is 12.8. The Morgan fingerprint density at radius 1 is 1.25 bits per heavy atom. The standard InChI is InChI=1S/C20H31N5O3/c1-15-13-23(19(27)28-20(2,3)4)14-18(26)25(15)22-24-12-6-5-7-17(24)16-8-10-21-11-9-16/h8-11,15,17,22H,5-7,12-14H2,1-4H3. The SMILES string of the molecule is CC1CN(C(=O)OC(C)(C)C)CC(=O)N1NN1CCCCC1c1ccncc1. The molecule has 0 spiro atoms. The zero-order valence-corrected chi connectivity index (χ0v) is 17.2. The number of nitrogens with zero attached hydrogens (tertiary/aromatic N) is 4. The van der Waals surface area contributed by atoms with E-state index in [2.05, 4.69) is 15.5 Å². The summed E-state index contributed by atoms with van der Waals surface area (Å²) in [6.07, 6.45) is 6.42. The maximum Gasteiger partial charge on any atom is 0.410 e. The lowest BCUT2D eigenvalue weighted by Crippen LogP contribution is -2.65. The van der Waals surface area contributed by atoms with Crippen molar-refractivity contribution in [3.05, 3.63) is 30.1 Å². The van der Waals surface area contributed by atoms with E-state index in [1.54, 1.807) is 17.4 Å². The Kier molecular flexibility index (Phi) is 6.20. The Hall–Kier alpha value is -2.19. The highest BCUT2D eigenvalue weighted by Crippen LogP contribution is 2.29. The first-order valence-corrected chi connectivity index (χ1v) is 9.97. The van der Waals surface area contributed by atoms with Crippen LogP contribution in [-0.4, -0.2) is 63.2 Å². The van der Waals surface area contributed by atoms with E-state index in [4.69, 9.17) is 4.74 Å². The monoisotopic (exact) mass is 389 g/mol. The minimum atomic E-state index is -0.579. The van der Waals surface area contributed by atoms with Crippen molar-refractivity contribution in [2.45, 2.75) is 64.6 Å². The predicted molar refractivity (Wildman–Crippen MR) is 105 cm³/mol. The Labute approximate surface area is 166 Å². The van der Waals surface area contributed by atoms with Crippen molar-refractivity contribution in [1.82, 2.24) is 25.4 Å². The summed E-state index contributed by atoms with van der Waals surface area (Å²) in [7, 11) is 0. The fourth-order valence-electron chi connectivity index (χ4n) is 3.69. The summed E-state index contributed by atoms with van der Waals surface area (Å²) in [4.78, 5) is 30.7. The Morgan fingerprint density at radius 3 is 2.61 bits per heavy atom. The van der Waals surface area contributed by atoms with Crippen LogP contribution in [-0.2, 0) is 9.53 Å². The normalized spacial score (nSPS) is 24.4. The van der Waals surface area contributed by atoms with Crippen molar-refractivity contribution >= 4 is 12.0 Å². The predicted octanol–water partition coefficient (Wildman–Crippen LogP) is 2.50. The van der Waals surface area contributed by atoms with E-state index in [-0.39, 0.29) is 24.5 Å². The van der Waals surface area contributed by atoms with Gasteiger partial charge in [0, 0.05) is 25.5 Å². The molecule has 2 atom stereocenters. The van der Waals surface area contributed by atoms with Crippen LogP contribution in [0, 0.1) is 0 Å². The molecule has 1 aromatic rings. The van der Waals surface area contributed by atoms with Gasteiger partial charge in [0.05, 0.1) is 12.1 Å². The van der Waals surface area contributed by atoms with Crippen molar-refractivity contribution < 1.29 is 14.3 Å². The van der Waals surface area contributed by atoms with Crippen LogP contribution in [0.4, 0.5) is 4.79 Å². The number of carbonyl (C=O) groups excluding carboxylic acids is 2. The fraction of sp³-hybridized carbons (Fsp3) is 0.650. The van der Waals surface area contributed by atoms with E-state index < -0.39 is 11.7 Å². The second-order valence-electron chi connectivity index (χ2n) is 8.56. The first kappa shape index (κ1) is 20.5. The molecule has 2 unspecified atom stereocenters. The van der Waals surface area contributed by atoms with Crippen molar-refractivity contribution in [3.63, 3.8) is 0 Å². The van der Waals surface area contributed by atoms with Gasteiger partial charge in [-0.1, -0.05) is 6.42 Å². The summed E-state index contributed by atoms with van der Waals surface area (Å²) in [5, 5.41) is 3.79. The summed E-state index contributed by atoms with van der Waals surface area (Å²) in [5.74, 6) is -0.135. The molecular formula is C20H31N5O3. The highest BCUT2D eigenvalue weighted by atomic mass is 16.6. The van der Waals surface area contributed by atoms with E-state index in [1.807, 2.05) is 39.8 Å². The van der Waals surface area contributed by atoms with Gasteiger partial charge in [-0.25, -0.2) is 9.80 Å². The fourth-order valence-corrected chi connectivity index (χ4v) is 3.69. The first-order valence-electron chi connectivity index (χ1n) is 9.97. The minimum absolute atomic E-state index is 0.0139. The van der Waals surface area contributed by atoms with Crippen LogP contribution in [0.25, 0.3) is 0 Å². The number of nitrogens with one attached hydrogen (secondary N) is 1. The van der Waals surface area contributed by atoms with E-state index in [0.29, 0.717) is 6.54 Å². The zero-order valence-electron chi connectivity index (χ0n) is 17.2. The number of amides is 2. The highest BCUT2D eigenvalue weighted by Gasteiger charge is 2.36. The first-order chi connectivity index (χ1) is 13.2. The number of pyridine rings is 1. The summed E-state index contributed by atoms with van der Waals surface area (Å²) in [6, 6.07) is 4.08. The van der Waals surface area contributed by atoms with Gasteiger partial charge in [-0.05, 0) is 58.2 Å². The van der Waals surface area contributed by atoms with E-state index >= 15 is 0 Å². The topological polar surface area (TPSA) is 78.0 Å². The molecular weight excluding hydrogens is 358 g/mol. The molecule has 28 heavy (non-hydrogen) atoms. The van der Waals surface area contributed by atoms with Crippen LogP contribution < -0.4 is 5.53 Å². The molecule has 3 heterocycles. The van der Waals surface area contributed by atoms with Crippen LogP contribution in [0.5, 0.6) is 0 Å². The van der Waals surface area contributed by atoms with Gasteiger partial charge in [0.2, 0.25) is 0 Å². The molecule has 8 heteroatoms. The number of rotatable bonds is 3. The van der Waals surface area contributed by atoms with Crippen LogP contribution in [0.1, 0.15) is 58.6 Å². The Bertz CT molecular complexity index is 691. The van der Waals surface area contributed by atoms with E-state index in [9.17, 15) is 9.59 Å². The number of hydrogen-bond donors (Lipinski definition) is 1. The number of hydrogen-bond acceptors (Lipinski definition) is 6. The molecule has 2 aliphatic rings. The number of carbonyl (C=O) groups is 2. The Morgan fingerprint density at radius 2 is 1.96 bits per heavy atom. The largest absolute Gasteiger partial charge is 0.444 e. The summed E-state index contributed by atoms with van der Waals surface area (Å²) in [6.45, 7) is 8.71. The molecule has 0 aromatic carbocycles. The molecule has 0 bridgehead atoms. The molecule has 0 radical (unpaired) electrons. The Balaban J connectivity index is 1.65. The summed E-state index contributed by atoms with van der Waals surface area (Å²) >= 11 is 0. The van der Waals surface area contributed by atoms with Crippen LogP contribution in [0.2, 0.25) is 0 Å². The van der Waals surface area contributed by atoms with Gasteiger partial charge in [-0.3, -0.25) is 19.7 Å². The molecule has 1 N–H and O–H groups in total. The molecule has 2 saturated heterocycles. The number of ether oxygens (including phenoxy) is 1. The van der Waals surface area contributed by atoms with Gasteiger partial charge in [-0.15, -0.1) is 0 Å². The summed E-state index contributed by atoms with van der Waals surface area (Å²) in [5.41, 5.74) is 3.94. The second kappa shape index (κ2) is 8.45. The second-order valence-corrected chi connectivity index (χ2v) is 8.56. The third-order valence-electron chi connectivity index (χ3n) is 5.00. The lowest BCUT2D eigenvalue weighted by atomic mass is 9.98. The van der Waals surface area contributed by atoms with Gasteiger partial charge < -0.3 is 4.74 Å². The lowest BCUT2D eigenvalue weighted by Gasteiger charge is -2.45. The number of aromatic nitrogens is 1. The number of piperazine rings is 1. The quantitative estimate of drug-likeness (QED) is 0.856. The van der Waals surface area contributed by atoms with Crippen molar-refractivity contribution in [2.24, 2.45) is 0 Å². The molecule has 1 aromatic heterocycles. The molecule has 154 valence electrons. The molecule has 2 aliphatic heterocycles. The van der Waals surface area contributed by atoms with Gasteiger partial charge in [0.1, 0.15) is 12.1 Å². The lowest BCUT2D eigenvalue weighted by molar-refractivity contribution is -0.154. The smallest absolute Gasteiger partial charge is 0.410 e. The van der Waals surface area contributed by atoms with E-state index in [1.165, 1.54) is 10.5 Å². The zero-order chi connectivity index (χ0) is 20.3. The summed E-state index contributed by atoms with van der Waals surface area (Å²) < 4.78 is 5.41. The maximum absolute atomic E-state index is 12.8. The highest BCUT2D eigenvalue weighted by molar-refractivity contribution is 5.83. The van der Waals surface area contributed by atoms with Crippen LogP contribution in [0.3, 0.4) is 0 Å². The molecule has 2 amide bonds. The number of hydrazine groups is 2.